The second-order valence-corrected chi connectivity index (χ2v) is 5.60. The van der Waals surface area contributed by atoms with Crippen LogP contribution in [0.4, 0.5) is 0 Å². The number of nitrogens with two attached hydrogens (primary N) is 1. The highest BCUT2D eigenvalue weighted by molar-refractivity contribution is 5.78. The molecular weight excluding hydrogens is 266 g/mol. The maximum absolute atomic E-state index is 11.2. The van der Waals surface area contributed by atoms with E-state index in [1.54, 1.807) is 14.2 Å². The number of carboxylic acid groups (broad SMARTS) is 1. The van der Waals surface area contributed by atoms with E-state index in [-0.39, 0.29) is 12.2 Å². The summed E-state index contributed by atoms with van der Waals surface area (Å²) in [6, 6.07) is 0. The summed E-state index contributed by atoms with van der Waals surface area (Å²) in [6.45, 7) is 0.838. The van der Waals surface area contributed by atoms with Crippen LogP contribution in [0.3, 0.4) is 0 Å². The summed E-state index contributed by atoms with van der Waals surface area (Å²) in [5, 5.41) is 9.15. The fourth-order valence-electron chi connectivity index (χ4n) is 2.87. The van der Waals surface area contributed by atoms with E-state index in [0.717, 1.165) is 0 Å². The number of carboxylic acids is 1. The lowest BCUT2D eigenvalue weighted by Gasteiger charge is -2.39. The molecule has 2 aliphatic rings. The summed E-state index contributed by atoms with van der Waals surface area (Å²) < 4.78 is 22.3. The van der Waals surface area contributed by atoms with E-state index in [1.807, 2.05) is 0 Å². The molecule has 2 fully saturated rings. The molecular formula is C13H23NO6. The van der Waals surface area contributed by atoms with Crippen LogP contribution in [0.15, 0.2) is 0 Å². The third kappa shape index (κ3) is 2.96. The molecule has 1 aliphatic carbocycles. The first-order valence-corrected chi connectivity index (χ1v) is 6.80. The average Bonchev–Trinajstić information content (AvgIpc) is 2.73. The Balaban J connectivity index is 2.01. The van der Waals surface area contributed by atoms with Gasteiger partial charge >= 0.3 is 5.97 Å². The van der Waals surface area contributed by atoms with Gasteiger partial charge in [0.05, 0.1) is 13.2 Å². The van der Waals surface area contributed by atoms with E-state index in [4.69, 9.17) is 29.8 Å². The minimum Gasteiger partial charge on any atom is -0.480 e. The highest BCUT2D eigenvalue weighted by atomic mass is 16.8. The molecule has 1 saturated carbocycles. The molecule has 0 aromatic heterocycles. The Bertz CT molecular complexity index is 337. The van der Waals surface area contributed by atoms with Crippen LogP contribution in [0.1, 0.15) is 25.7 Å². The van der Waals surface area contributed by atoms with E-state index in [0.29, 0.717) is 38.9 Å². The molecule has 0 unspecified atom stereocenters. The van der Waals surface area contributed by atoms with Gasteiger partial charge in [0, 0.05) is 27.1 Å². The molecule has 0 aromatic carbocycles. The normalized spacial score (nSPS) is 31.6. The lowest BCUT2D eigenvalue weighted by molar-refractivity contribution is -0.207. The molecule has 1 aliphatic heterocycles. The van der Waals surface area contributed by atoms with E-state index in [1.165, 1.54) is 0 Å². The van der Waals surface area contributed by atoms with Crippen LogP contribution in [-0.2, 0) is 23.7 Å². The van der Waals surface area contributed by atoms with Crippen LogP contribution in [0.2, 0.25) is 0 Å². The number of ether oxygens (including phenoxy) is 4. The van der Waals surface area contributed by atoms with Gasteiger partial charge in [-0.2, -0.15) is 0 Å². The van der Waals surface area contributed by atoms with Gasteiger partial charge in [-0.3, -0.25) is 4.79 Å². The van der Waals surface area contributed by atoms with Gasteiger partial charge in [0.25, 0.3) is 0 Å². The molecule has 2 rings (SSSR count). The Morgan fingerprint density at radius 2 is 1.60 bits per heavy atom. The van der Waals surface area contributed by atoms with Gasteiger partial charge in [-0.15, -0.1) is 0 Å². The molecule has 3 N–H and O–H groups in total. The minimum atomic E-state index is -1.17. The molecule has 2 atom stereocenters. The van der Waals surface area contributed by atoms with Crippen molar-refractivity contribution in [1.29, 1.82) is 0 Å². The zero-order valence-electron chi connectivity index (χ0n) is 12.0. The Kier molecular flexibility index (Phi) is 4.66. The van der Waals surface area contributed by atoms with Gasteiger partial charge in [-0.05, 0) is 12.8 Å². The summed E-state index contributed by atoms with van der Waals surface area (Å²) in [6.07, 6.45) is 1.21. The first kappa shape index (κ1) is 15.7. The molecule has 7 heteroatoms. The Hall–Kier alpha value is -0.730. The second-order valence-electron chi connectivity index (χ2n) is 5.60. The summed E-state index contributed by atoms with van der Waals surface area (Å²) in [4.78, 5) is 11.2. The van der Waals surface area contributed by atoms with Crippen LogP contribution in [0.5, 0.6) is 0 Å². The van der Waals surface area contributed by atoms with Gasteiger partial charge in [-0.1, -0.05) is 0 Å². The van der Waals surface area contributed by atoms with Gasteiger partial charge in [0.15, 0.2) is 5.79 Å². The third-order valence-electron chi connectivity index (χ3n) is 4.14. The predicted molar refractivity (Wildman–Crippen MR) is 69.3 cm³/mol. The number of hydrogen-bond donors (Lipinski definition) is 2. The first-order chi connectivity index (χ1) is 9.45. The maximum Gasteiger partial charge on any atom is 0.323 e. The summed E-state index contributed by atoms with van der Waals surface area (Å²) >= 11 is 0. The zero-order valence-corrected chi connectivity index (χ0v) is 12.0. The quantitative estimate of drug-likeness (QED) is 0.741. The SMILES string of the molecule is COC[C@H]1OC2(CCC(N)(C(=O)O)CC2)O[C@@H]1COC. The van der Waals surface area contributed by atoms with Gasteiger partial charge < -0.3 is 29.8 Å². The van der Waals surface area contributed by atoms with Gasteiger partial charge in [-0.25, -0.2) is 0 Å². The molecule has 116 valence electrons. The molecule has 0 bridgehead atoms. The van der Waals surface area contributed by atoms with Crippen LogP contribution in [-0.4, -0.2) is 62.0 Å². The number of rotatable bonds is 5. The van der Waals surface area contributed by atoms with E-state index >= 15 is 0 Å². The number of carbonyl (C=O) groups is 1. The van der Waals surface area contributed by atoms with Crippen molar-refractivity contribution in [2.45, 2.75) is 49.2 Å². The highest BCUT2D eigenvalue weighted by Crippen LogP contribution is 2.43. The molecule has 0 radical (unpaired) electrons. The fraction of sp³-hybridized carbons (Fsp3) is 0.923. The van der Waals surface area contributed by atoms with Crippen molar-refractivity contribution in [3.63, 3.8) is 0 Å². The van der Waals surface area contributed by atoms with Crippen molar-refractivity contribution in [2.75, 3.05) is 27.4 Å². The number of aliphatic carboxylic acids is 1. The second kappa shape index (κ2) is 5.95. The van der Waals surface area contributed by atoms with E-state index < -0.39 is 17.3 Å². The van der Waals surface area contributed by atoms with Gasteiger partial charge in [0.1, 0.15) is 17.7 Å². The van der Waals surface area contributed by atoms with Crippen molar-refractivity contribution in [2.24, 2.45) is 5.73 Å². The van der Waals surface area contributed by atoms with Crippen molar-refractivity contribution in [3.8, 4) is 0 Å². The predicted octanol–water partition coefficient (Wildman–Crippen LogP) is 0.116. The topological polar surface area (TPSA) is 100 Å². The van der Waals surface area contributed by atoms with Crippen LogP contribution < -0.4 is 5.73 Å². The van der Waals surface area contributed by atoms with E-state index in [2.05, 4.69) is 0 Å². The zero-order chi connectivity index (χ0) is 14.8. The minimum absolute atomic E-state index is 0.199. The van der Waals surface area contributed by atoms with Crippen LogP contribution in [0, 0.1) is 0 Å². The monoisotopic (exact) mass is 289 g/mol. The Morgan fingerprint density at radius 1 is 1.15 bits per heavy atom. The molecule has 0 amide bonds. The maximum atomic E-state index is 11.2. The Labute approximate surface area is 118 Å². The van der Waals surface area contributed by atoms with Crippen LogP contribution in [0.25, 0.3) is 0 Å². The molecule has 1 saturated heterocycles. The summed E-state index contributed by atoms with van der Waals surface area (Å²) in [5.41, 5.74) is 4.71. The van der Waals surface area contributed by atoms with Crippen molar-refractivity contribution in [3.05, 3.63) is 0 Å². The largest absolute Gasteiger partial charge is 0.480 e. The standard InChI is InChI=1S/C13H23NO6/c1-17-7-9-10(8-18-2)20-13(19-9)5-3-12(14,4-6-13)11(15)16/h9-10H,3-8,14H2,1-2H3,(H,15,16)/t9-,10-/m1/s1. The molecule has 7 nitrogen and oxygen atoms in total. The smallest absolute Gasteiger partial charge is 0.323 e. The number of hydrogen-bond acceptors (Lipinski definition) is 6. The first-order valence-electron chi connectivity index (χ1n) is 6.80. The van der Waals surface area contributed by atoms with Gasteiger partial charge in [0.2, 0.25) is 0 Å². The lowest BCUT2D eigenvalue weighted by atomic mass is 9.79. The van der Waals surface area contributed by atoms with Crippen LogP contribution >= 0.6 is 0 Å². The fourth-order valence-corrected chi connectivity index (χ4v) is 2.87. The van der Waals surface area contributed by atoms with Crippen molar-refractivity contribution < 1.29 is 28.8 Å². The molecule has 1 spiro atoms. The Morgan fingerprint density at radius 3 is 1.95 bits per heavy atom. The highest BCUT2D eigenvalue weighted by Gasteiger charge is 2.53. The third-order valence-corrected chi connectivity index (χ3v) is 4.14. The van der Waals surface area contributed by atoms with Crippen molar-refractivity contribution >= 4 is 5.97 Å². The molecule has 1 heterocycles. The average molecular weight is 289 g/mol. The number of methoxy groups -OCH3 is 2. The van der Waals surface area contributed by atoms with Crippen molar-refractivity contribution in [1.82, 2.24) is 0 Å². The molecule has 0 aromatic rings. The van der Waals surface area contributed by atoms with E-state index in [9.17, 15) is 4.79 Å². The molecule has 20 heavy (non-hydrogen) atoms. The summed E-state index contributed by atoms with van der Waals surface area (Å²) in [7, 11) is 3.21. The summed E-state index contributed by atoms with van der Waals surface area (Å²) in [5.74, 6) is -1.71. The lowest BCUT2D eigenvalue weighted by Crippen LogP contribution is -2.54.